The molecule has 2 saturated heterocycles. The third kappa shape index (κ3) is 4.11. The Morgan fingerprint density at radius 2 is 1.97 bits per heavy atom. The van der Waals surface area contributed by atoms with E-state index in [0.717, 1.165) is 60.9 Å². The summed E-state index contributed by atoms with van der Waals surface area (Å²) in [6.45, 7) is 4.85. The molecule has 1 amide bonds. The molecule has 0 spiro atoms. The standard InChI is InChI=1S/C25H30N6O/c1-18-7-5-8-19(15-18)16-23(32)31-14-6-9-22(31)24-20(17-29(2)28-24)21-10-11-26-25(27-21)30-12-3-4-13-30/h5,7-8,10-11,15,17,22H,3-4,6,9,12-14,16H2,1-2H3/t22-/m0/s1. The number of amides is 1. The molecule has 0 saturated carbocycles. The monoisotopic (exact) mass is 430 g/mol. The van der Waals surface area contributed by atoms with E-state index in [1.54, 1.807) is 0 Å². The third-order valence-electron chi connectivity index (χ3n) is 6.49. The number of carbonyl (C=O) groups is 1. The lowest BCUT2D eigenvalue weighted by atomic mass is 10.0. The summed E-state index contributed by atoms with van der Waals surface area (Å²) in [6, 6.07) is 10.1. The normalized spacial score (nSPS) is 18.5. The number of rotatable bonds is 5. The van der Waals surface area contributed by atoms with Gasteiger partial charge in [-0.05, 0) is 44.2 Å². The highest BCUT2D eigenvalue weighted by Gasteiger charge is 2.34. The first-order valence-electron chi connectivity index (χ1n) is 11.6. The van der Waals surface area contributed by atoms with Crippen LogP contribution >= 0.6 is 0 Å². The zero-order valence-corrected chi connectivity index (χ0v) is 18.9. The van der Waals surface area contributed by atoms with Crippen LogP contribution in [0.2, 0.25) is 0 Å². The Hall–Kier alpha value is -3.22. The van der Waals surface area contributed by atoms with Crippen molar-refractivity contribution in [1.82, 2.24) is 24.6 Å². The lowest BCUT2D eigenvalue weighted by Gasteiger charge is -2.24. The van der Waals surface area contributed by atoms with Crippen molar-refractivity contribution in [3.05, 3.63) is 59.5 Å². The van der Waals surface area contributed by atoms with E-state index in [1.807, 2.05) is 47.2 Å². The Morgan fingerprint density at radius 3 is 2.78 bits per heavy atom. The van der Waals surface area contributed by atoms with Gasteiger partial charge in [0.25, 0.3) is 0 Å². The van der Waals surface area contributed by atoms with Crippen LogP contribution in [0.25, 0.3) is 11.3 Å². The van der Waals surface area contributed by atoms with Gasteiger partial charge in [-0.2, -0.15) is 5.10 Å². The van der Waals surface area contributed by atoms with Crippen LogP contribution in [-0.4, -0.2) is 50.2 Å². The molecule has 0 bridgehead atoms. The average molecular weight is 431 g/mol. The van der Waals surface area contributed by atoms with Crippen LogP contribution in [0.1, 0.15) is 48.5 Å². The molecule has 2 aliphatic heterocycles. The van der Waals surface area contributed by atoms with Crippen molar-refractivity contribution >= 4 is 11.9 Å². The fourth-order valence-electron chi connectivity index (χ4n) is 4.96. The molecule has 4 heterocycles. The maximum Gasteiger partial charge on any atom is 0.227 e. The third-order valence-corrected chi connectivity index (χ3v) is 6.49. The second kappa shape index (κ2) is 8.73. The van der Waals surface area contributed by atoms with Crippen molar-refractivity contribution in [1.29, 1.82) is 0 Å². The van der Waals surface area contributed by atoms with Gasteiger partial charge in [-0.1, -0.05) is 29.8 Å². The summed E-state index contributed by atoms with van der Waals surface area (Å²) in [5.41, 5.74) is 5.05. The van der Waals surface area contributed by atoms with Crippen molar-refractivity contribution < 1.29 is 4.79 Å². The highest BCUT2D eigenvalue weighted by Crippen LogP contribution is 2.37. The fraction of sp³-hybridized carbons (Fsp3) is 0.440. The van der Waals surface area contributed by atoms with Crippen LogP contribution in [0.4, 0.5) is 5.95 Å². The molecule has 3 aromatic rings. The van der Waals surface area contributed by atoms with Crippen LogP contribution in [0.5, 0.6) is 0 Å². The largest absolute Gasteiger partial charge is 0.341 e. The summed E-state index contributed by atoms with van der Waals surface area (Å²) in [7, 11) is 1.93. The lowest BCUT2D eigenvalue weighted by Crippen LogP contribution is -2.32. The summed E-state index contributed by atoms with van der Waals surface area (Å²) in [5.74, 6) is 0.948. The molecule has 5 rings (SSSR count). The number of anilines is 1. The SMILES string of the molecule is Cc1cccc(CC(=O)N2CCC[C@H]2c2nn(C)cc2-c2ccnc(N3CCCC3)n2)c1. The molecule has 0 N–H and O–H groups in total. The zero-order valence-electron chi connectivity index (χ0n) is 18.9. The van der Waals surface area contributed by atoms with Gasteiger partial charge in [-0.15, -0.1) is 0 Å². The van der Waals surface area contributed by atoms with Crippen LogP contribution in [0, 0.1) is 6.92 Å². The minimum atomic E-state index is -0.0197. The second-order valence-corrected chi connectivity index (χ2v) is 8.95. The molecule has 2 aliphatic rings. The van der Waals surface area contributed by atoms with E-state index in [-0.39, 0.29) is 11.9 Å². The summed E-state index contributed by atoms with van der Waals surface area (Å²) >= 11 is 0. The molecule has 0 aliphatic carbocycles. The van der Waals surface area contributed by atoms with Crippen LogP contribution in [0.15, 0.2) is 42.7 Å². The summed E-state index contributed by atoms with van der Waals surface area (Å²) in [4.78, 5) is 26.9. The molecule has 7 nitrogen and oxygen atoms in total. The van der Waals surface area contributed by atoms with Gasteiger partial charge in [-0.3, -0.25) is 9.48 Å². The first-order valence-corrected chi connectivity index (χ1v) is 11.6. The lowest BCUT2D eigenvalue weighted by molar-refractivity contribution is -0.131. The van der Waals surface area contributed by atoms with E-state index in [4.69, 9.17) is 10.1 Å². The molecular formula is C25H30N6O. The summed E-state index contributed by atoms with van der Waals surface area (Å²) < 4.78 is 1.84. The van der Waals surface area contributed by atoms with Gasteiger partial charge in [0.15, 0.2) is 0 Å². The fourth-order valence-corrected chi connectivity index (χ4v) is 4.96. The molecule has 32 heavy (non-hydrogen) atoms. The van der Waals surface area contributed by atoms with Crippen molar-refractivity contribution in [3.63, 3.8) is 0 Å². The molecule has 2 fully saturated rings. The highest BCUT2D eigenvalue weighted by atomic mass is 16.2. The molecule has 166 valence electrons. The van der Waals surface area contributed by atoms with E-state index in [2.05, 4.69) is 28.9 Å². The average Bonchev–Trinajstić information content (AvgIpc) is 3.54. The Bertz CT molecular complexity index is 1120. The number of benzene rings is 1. The van der Waals surface area contributed by atoms with E-state index in [9.17, 15) is 4.79 Å². The Balaban J connectivity index is 1.42. The van der Waals surface area contributed by atoms with Gasteiger partial charge < -0.3 is 9.80 Å². The van der Waals surface area contributed by atoms with Crippen molar-refractivity contribution in [2.24, 2.45) is 7.05 Å². The smallest absolute Gasteiger partial charge is 0.227 e. The maximum atomic E-state index is 13.3. The van der Waals surface area contributed by atoms with Crippen LogP contribution in [-0.2, 0) is 18.3 Å². The topological polar surface area (TPSA) is 67.2 Å². The summed E-state index contributed by atoms with van der Waals surface area (Å²) in [6.07, 6.45) is 8.57. The molecule has 0 unspecified atom stereocenters. The maximum absolute atomic E-state index is 13.3. The van der Waals surface area contributed by atoms with Gasteiger partial charge in [0.2, 0.25) is 11.9 Å². The van der Waals surface area contributed by atoms with Crippen LogP contribution in [0.3, 0.4) is 0 Å². The number of nitrogens with zero attached hydrogens (tertiary/aromatic N) is 6. The van der Waals surface area contributed by atoms with E-state index >= 15 is 0 Å². The number of aryl methyl sites for hydroxylation is 2. The summed E-state index contributed by atoms with van der Waals surface area (Å²) in [5, 5.41) is 4.80. The Kier molecular flexibility index (Phi) is 5.64. The minimum Gasteiger partial charge on any atom is -0.341 e. The molecule has 1 atom stereocenters. The van der Waals surface area contributed by atoms with Crippen LogP contribution < -0.4 is 4.90 Å². The van der Waals surface area contributed by atoms with Gasteiger partial charge in [0, 0.05) is 44.6 Å². The van der Waals surface area contributed by atoms with Crippen molar-refractivity contribution in [3.8, 4) is 11.3 Å². The predicted molar refractivity (Wildman–Crippen MR) is 124 cm³/mol. The number of aromatic nitrogens is 4. The van der Waals surface area contributed by atoms with Gasteiger partial charge >= 0.3 is 0 Å². The van der Waals surface area contributed by atoms with Gasteiger partial charge in [-0.25, -0.2) is 9.97 Å². The Morgan fingerprint density at radius 1 is 1.12 bits per heavy atom. The Labute approximate surface area is 189 Å². The number of hydrogen-bond acceptors (Lipinski definition) is 5. The van der Waals surface area contributed by atoms with Gasteiger partial charge in [0.1, 0.15) is 0 Å². The van der Waals surface area contributed by atoms with Gasteiger partial charge in [0.05, 0.1) is 23.9 Å². The number of carbonyl (C=O) groups excluding carboxylic acids is 1. The first-order chi connectivity index (χ1) is 15.6. The number of hydrogen-bond donors (Lipinski definition) is 0. The molecule has 2 aromatic heterocycles. The zero-order chi connectivity index (χ0) is 22.1. The molecule has 7 heteroatoms. The highest BCUT2D eigenvalue weighted by molar-refractivity contribution is 5.80. The minimum absolute atomic E-state index is 0.0197. The first kappa shape index (κ1) is 20.7. The van der Waals surface area contributed by atoms with E-state index in [1.165, 1.54) is 18.4 Å². The van der Waals surface area contributed by atoms with E-state index in [0.29, 0.717) is 6.42 Å². The van der Waals surface area contributed by atoms with Crippen molar-refractivity contribution in [2.45, 2.75) is 45.1 Å². The molecule has 1 aromatic carbocycles. The number of likely N-dealkylation sites (tertiary alicyclic amines) is 1. The predicted octanol–water partition coefficient (Wildman–Crippen LogP) is 3.69. The quantitative estimate of drug-likeness (QED) is 0.618. The van der Waals surface area contributed by atoms with Crippen molar-refractivity contribution in [2.75, 3.05) is 24.5 Å². The molecule has 0 radical (unpaired) electrons. The molecular weight excluding hydrogens is 400 g/mol. The van der Waals surface area contributed by atoms with E-state index < -0.39 is 0 Å². The second-order valence-electron chi connectivity index (χ2n) is 8.95.